The zero-order valence-electron chi connectivity index (χ0n) is 13.9. The van der Waals surface area contributed by atoms with Crippen molar-refractivity contribution in [2.24, 2.45) is 11.1 Å². The number of rotatable bonds is 4. The van der Waals surface area contributed by atoms with Crippen molar-refractivity contribution in [2.75, 3.05) is 7.11 Å². The van der Waals surface area contributed by atoms with Gasteiger partial charge in [-0.25, -0.2) is 0 Å². The van der Waals surface area contributed by atoms with Gasteiger partial charge in [0.1, 0.15) is 17.4 Å². The van der Waals surface area contributed by atoms with Crippen LogP contribution in [0.15, 0.2) is 53.7 Å². The Morgan fingerprint density at radius 3 is 2.42 bits per heavy atom. The third kappa shape index (κ3) is 2.72. The highest BCUT2D eigenvalue weighted by Gasteiger charge is 2.55. The Balaban J connectivity index is 1.57. The van der Waals surface area contributed by atoms with E-state index in [0.717, 1.165) is 5.56 Å². The SMILES string of the molecule is COc1ccc(CN2C(=O)[C@H]3C(c4ccc(Cl)cc4)=NO[C@H]3C2=O)cc1. The Morgan fingerprint density at radius 1 is 1.08 bits per heavy atom. The molecule has 0 saturated carbocycles. The monoisotopic (exact) mass is 370 g/mol. The van der Waals surface area contributed by atoms with Gasteiger partial charge >= 0.3 is 0 Å². The molecule has 132 valence electrons. The van der Waals surface area contributed by atoms with Crippen molar-refractivity contribution in [3.63, 3.8) is 0 Å². The van der Waals surface area contributed by atoms with Crippen LogP contribution in [0.25, 0.3) is 0 Å². The lowest BCUT2D eigenvalue weighted by atomic mass is 9.94. The molecular weight excluding hydrogens is 356 g/mol. The van der Waals surface area contributed by atoms with Gasteiger partial charge in [0.25, 0.3) is 5.91 Å². The van der Waals surface area contributed by atoms with Crippen LogP contribution in [0.5, 0.6) is 5.75 Å². The molecule has 2 aliphatic heterocycles. The molecule has 2 atom stereocenters. The molecule has 0 aromatic heterocycles. The number of carbonyl (C=O) groups excluding carboxylic acids is 2. The van der Waals surface area contributed by atoms with E-state index in [1.807, 2.05) is 12.1 Å². The number of hydrogen-bond acceptors (Lipinski definition) is 5. The van der Waals surface area contributed by atoms with E-state index >= 15 is 0 Å². The Hall–Kier alpha value is -2.86. The van der Waals surface area contributed by atoms with Crippen LogP contribution < -0.4 is 4.74 Å². The number of benzene rings is 2. The van der Waals surface area contributed by atoms with Gasteiger partial charge in [0.05, 0.1) is 13.7 Å². The summed E-state index contributed by atoms with van der Waals surface area (Å²) in [6, 6.07) is 14.2. The lowest BCUT2D eigenvalue weighted by Gasteiger charge is -2.15. The maximum absolute atomic E-state index is 12.9. The summed E-state index contributed by atoms with van der Waals surface area (Å²) in [5, 5.41) is 4.56. The minimum atomic E-state index is -0.897. The fourth-order valence-corrected chi connectivity index (χ4v) is 3.29. The van der Waals surface area contributed by atoms with Gasteiger partial charge in [0.15, 0.2) is 0 Å². The molecule has 2 aliphatic rings. The van der Waals surface area contributed by atoms with Crippen molar-refractivity contribution in [1.29, 1.82) is 0 Å². The van der Waals surface area contributed by atoms with E-state index in [1.54, 1.807) is 43.5 Å². The second-order valence-corrected chi connectivity index (χ2v) is 6.53. The lowest BCUT2D eigenvalue weighted by molar-refractivity contribution is -0.142. The van der Waals surface area contributed by atoms with E-state index in [1.165, 1.54) is 4.90 Å². The molecule has 7 heteroatoms. The van der Waals surface area contributed by atoms with Crippen molar-refractivity contribution >= 4 is 29.1 Å². The number of nitrogens with zero attached hydrogens (tertiary/aromatic N) is 2. The Morgan fingerprint density at radius 2 is 1.77 bits per heavy atom. The average molecular weight is 371 g/mol. The third-order valence-electron chi connectivity index (χ3n) is 4.54. The fraction of sp³-hybridized carbons (Fsp3) is 0.211. The number of likely N-dealkylation sites (tertiary alicyclic amines) is 1. The van der Waals surface area contributed by atoms with E-state index < -0.39 is 12.0 Å². The smallest absolute Gasteiger partial charge is 0.274 e. The number of oxime groups is 1. The summed E-state index contributed by atoms with van der Waals surface area (Å²) < 4.78 is 5.12. The Labute approximate surface area is 154 Å². The number of amides is 2. The van der Waals surface area contributed by atoms with Gasteiger partial charge in [-0.2, -0.15) is 0 Å². The zero-order chi connectivity index (χ0) is 18.3. The van der Waals surface area contributed by atoms with Crippen LogP contribution in [0, 0.1) is 5.92 Å². The third-order valence-corrected chi connectivity index (χ3v) is 4.80. The Kier molecular flexibility index (Phi) is 4.12. The molecule has 2 amide bonds. The molecule has 0 unspecified atom stereocenters. The number of methoxy groups -OCH3 is 1. The van der Waals surface area contributed by atoms with Crippen LogP contribution in [0.2, 0.25) is 5.02 Å². The highest BCUT2D eigenvalue weighted by atomic mass is 35.5. The predicted octanol–water partition coefficient (Wildman–Crippen LogP) is 2.64. The summed E-state index contributed by atoms with van der Waals surface area (Å²) in [6.07, 6.45) is -0.897. The van der Waals surface area contributed by atoms with E-state index in [9.17, 15) is 9.59 Å². The van der Waals surface area contributed by atoms with E-state index in [0.29, 0.717) is 22.0 Å². The molecule has 0 spiro atoms. The number of ether oxygens (including phenoxy) is 1. The first-order valence-electron chi connectivity index (χ1n) is 8.06. The predicted molar refractivity (Wildman–Crippen MR) is 94.9 cm³/mol. The molecule has 0 aliphatic carbocycles. The average Bonchev–Trinajstić information content (AvgIpc) is 3.19. The Bertz CT molecular complexity index is 893. The molecule has 26 heavy (non-hydrogen) atoms. The summed E-state index contributed by atoms with van der Waals surface area (Å²) in [6.45, 7) is 0.186. The van der Waals surface area contributed by atoms with Crippen LogP contribution >= 0.6 is 11.6 Å². The largest absolute Gasteiger partial charge is 0.497 e. The summed E-state index contributed by atoms with van der Waals surface area (Å²) in [7, 11) is 1.58. The summed E-state index contributed by atoms with van der Waals surface area (Å²) >= 11 is 5.91. The van der Waals surface area contributed by atoms with Gasteiger partial charge in [-0.3, -0.25) is 14.5 Å². The van der Waals surface area contributed by atoms with Crippen LogP contribution in [0.3, 0.4) is 0 Å². The fourth-order valence-electron chi connectivity index (χ4n) is 3.16. The molecule has 2 aromatic rings. The highest BCUT2D eigenvalue weighted by Crippen LogP contribution is 2.33. The van der Waals surface area contributed by atoms with Crippen molar-refractivity contribution in [2.45, 2.75) is 12.6 Å². The molecular formula is C19H15ClN2O4. The lowest BCUT2D eigenvalue weighted by Crippen LogP contribution is -2.32. The van der Waals surface area contributed by atoms with E-state index in [-0.39, 0.29) is 18.4 Å². The minimum Gasteiger partial charge on any atom is -0.497 e. The second kappa shape index (κ2) is 6.46. The topological polar surface area (TPSA) is 68.2 Å². The minimum absolute atomic E-state index is 0.186. The van der Waals surface area contributed by atoms with Gasteiger partial charge in [0.2, 0.25) is 12.0 Å². The van der Waals surface area contributed by atoms with Crippen LogP contribution in [-0.2, 0) is 21.0 Å². The van der Waals surface area contributed by atoms with Crippen molar-refractivity contribution in [1.82, 2.24) is 4.90 Å². The molecule has 1 fully saturated rings. The maximum atomic E-state index is 12.9. The summed E-state index contributed by atoms with van der Waals surface area (Å²) in [4.78, 5) is 32.0. The first-order chi connectivity index (χ1) is 12.6. The van der Waals surface area contributed by atoms with Gasteiger partial charge < -0.3 is 9.57 Å². The maximum Gasteiger partial charge on any atom is 0.274 e. The zero-order valence-corrected chi connectivity index (χ0v) is 14.6. The van der Waals surface area contributed by atoms with Gasteiger partial charge in [-0.1, -0.05) is 41.0 Å². The number of fused-ring (bicyclic) bond motifs is 1. The molecule has 0 N–H and O–H groups in total. The molecule has 0 radical (unpaired) electrons. The van der Waals surface area contributed by atoms with Gasteiger partial charge in [0, 0.05) is 10.6 Å². The molecule has 2 aromatic carbocycles. The number of hydrogen-bond donors (Lipinski definition) is 0. The molecule has 2 heterocycles. The quantitative estimate of drug-likeness (QED) is 0.776. The van der Waals surface area contributed by atoms with E-state index in [4.69, 9.17) is 21.2 Å². The second-order valence-electron chi connectivity index (χ2n) is 6.10. The summed E-state index contributed by atoms with van der Waals surface area (Å²) in [5.74, 6) is -0.683. The van der Waals surface area contributed by atoms with Crippen LogP contribution in [0.1, 0.15) is 11.1 Å². The highest BCUT2D eigenvalue weighted by molar-refractivity contribution is 6.31. The van der Waals surface area contributed by atoms with Gasteiger partial charge in [-0.05, 0) is 29.8 Å². The van der Waals surface area contributed by atoms with Gasteiger partial charge in [-0.15, -0.1) is 0 Å². The standard InChI is InChI=1S/C19H15ClN2O4/c1-25-14-8-2-11(3-9-14)10-22-18(23)15-16(21-26-17(15)19(22)24)12-4-6-13(20)7-5-12/h2-9,15,17H,10H2,1H3/t15-,17+/m0/s1. The first-order valence-corrected chi connectivity index (χ1v) is 8.44. The van der Waals surface area contributed by atoms with Crippen molar-refractivity contribution < 1.29 is 19.2 Å². The number of carbonyl (C=O) groups is 2. The van der Waals surface area contributed by atoms with Crippen molar-refractivity contribution in [3.05, 3.63) is 64.7 Å². The number of imide groups is 1. The summed E-state index contributed by atoms with van der Waals surface area (Å²) in [5.41, 5.74) is 2.01. The van der Waals surface area contributed by atoms with Crippen LogP contribution in [0.4, 0.5) is 0 Å². The van der Waals surface area contributed by atoms with Crippen molar-refractivity contribution in [3.8, 4) is 5.75 Å². The first kappa shape index (κ1) is 16.6. The molecule has 6 nitrogen and oxygen atoms in total. The molecule has 4 rings (SSSR count). The molecule has 0 bridgehead atoms. The van der Waals surface area contributed by atoms with E-state index in [2.05, 4.69) is 5.16 Å². The molecule has 1 saturated heterocycles. The number of halogens is 1. The van der Waals surface area contributed by atoms with Crippen LogP contribution in [-0.4, -0.2) is 35.6 Å². The normalized spacial score (nSPS) is 21.5.